The molecule has 0 amide bonds. The van der Waals surface area contributed by atoms with Gasteiger partial charge in [-0.15, -0.1) is 12.4 Å². The van der Waals surface area contributed by atoms with Gasteiger partial charge in [-0.1, -0.05) is 30.3 Å². The maximum atomic E-state index is 6.14. The van der Waals surface area contributed by atoms with Crippen LogP contribution >= 0.6 is 12.4 Å². The van der Waals surface area contributed by atoms with Crippen LogP contribution in [0.5, 0.6) is 5.75 Å². The van der Waals surface area contributed by atoms with Crippen molar-refractivity contribution in [2.75, 3.05) is 27.2 Å². The summed E-state index contributed by atoms with van der Waals surface area (Å²) in [5.41, 5.74) is 3.72. The highest BCUT2D eigenvalue weighted by atomic mass is 35.5. The van der Waals surface area contributed by atoms with Crippen molar-refractivity contribution < 1.29 is 9.15 Å². The van der Waals surface area contributed by atoms with E-state index in [-0.39, 0.29) is 12.4 Å². The van der Waals surface area contributed by atoms with Crippen molar-refractivity contribution in [1.29, 1.82) is 0 Å². The molecule has 1 aromatic heterocycles. The predicted molar refractivity (Wildman–Crippen MR) is 118 cm³/mol. The largest absolute Gasteiger partial charge is 0.493 e. The number of nitrogens with zero attached hydrogens (tertiary/aromatic N) is 2. The van der Waals surface area contributed by atoms with Gasteiger partial charge in [0.2, 0.25) is 5.89 Å². The van der Waals surface area contributed by atoms with Crippen LogP contribution in [-0.4, -0.2) is 37.1 Å². The normalized spacial score (nSPS) is 11.1. The molecule has 0 bridgehead atoms. The summed E-state index contributed by atoms with van der Waals surface area (Å²) < 4.78 is 12.2. The van der Waals surface area contributed by atoms with E-state index in [1.807, 2.05) is 30.3 Å². The van der Waals surface area contributed by atoms with Crippen LogP contribution in [0.15, 0.2) is 59.0 Å². The summed E-state index contributed by atoms with van der Waals surface area (Å²) in [5, 5.41) is 2.29. The molecule has 0 fully saturated rings. The molecule has 0 aliphatic carbocycles. The van der Waals surface area contributed by atoms with E-state index in [1.54, 1.807) is 0 Å². The van der Waals surface area contributed by atoms with Gasteiger partial charge in [-0.3, -0.25) is 0 Å². The van der Waals surface area contributed by atoms with Crippen LogP contribution in [0.4, 0.5) is 0 Å². The topological polar surface area (TPSA) is 38.5 Å². The average Bonchev–Trinajstić information content (AvgIpc) is 3.07. The highest BCUT2D eigenvalue weighted by molar-refractivity contribution is 5.90. The molecule has 3 aromatic carbocycles. The minimum atomic E-state index is 0. The Labute approximate surface area is 171 Å². The van der Waals surface area contributed by atoms with E-state index in [0.29, 0.717) is 12.5 Å². The molecule has 4 nitrogen and oxygen atoms in total. The van der Waals surface area contributed by atoms with Crippen LogP contribution in [0, 0.1) is 6.92 Å². The van der Waals surface area contributed by atoms with Gasteiger partial charge in [0.05, 0.1) is 12.2 Å². The van der Waals surface area contributed by atoms with Crippen molar-refractivity contribution in [3.05, 3.63) is 60.2 Å². The van der Waals surface area contributed by atoms with Gasteiger partial charge in [-0.25, -0.2) is 4.98 Å². The molecule has 0 spiro atoms. The first-order valence-electron chi connectivity index (χ1n) is 9.28. The monoisotopic (exact) mass is 396 g/mol. The molecule has 4 rings (SSSR count). The zero-order valence-corrected chi connectivity index (χ0v) is 17.3. The number of ether oxygens (including phenoxy) is 1. The quantitative estimate of drug-likeness (QED) is 0.391. The summed E-state index contributed by atoms with van der Waals surface area (Å²) >= 11 is 0. The van der Waals surface area contributed by atoms with Crippen LogP contribution in [-0.2, 0) is 0 Å². The molecule has 0 saturated carbocycles. The molecule has 0 unspecified atom stereocenters. The van der Waals surface area contributed by atoms with Gasteiger partial charge in [-0.2, -0.15) is 0 Å². The SMILES string of the molecule is Cc1ccc2nc(-c3cc4ccccc4cc3OCCCN(C)C)oc2c1.Cl. The summed E-state index contributed by atoms with van der Waals surface area (Å²) in [7, 11) is 4.14. The van der Waals surface area contributed by atoms with Crippen molar-refractivity contribution >= 4 is 34.3 Å². The summed E-state index contributed by atoms with van der Waals surface area (Å²) in [4.78, 5) is 6.85. The second-order valence-electron chi connectivity index (χ2n) is 7.19. The number of aryl methyl sites for hydroxylation is 1. The number of fused-ring (bicyclic) bond motifs is 2. The molecule has 0 N–H and O–H groups in total. The third-order valence-corrected chi connectivity index (χ3v) is 4.63. The van der Waals surface area contributed by atoms with Gasteiger partial charge in [-0.05, 0) is 68.0 Å². The van der Waals surface area contributed by atoms with Gasteiger partial charge in [0, 0.05) is 6.54 Å². The fraction of sp³-hybridized carbons (Fsp3) is 0.261. The molecule has 5 heteroatoms. The van der Waals surface area contributed by atoms with E-state index in [9.17, 15) is 0 Å². The summed E-state index contributed by atoms with van der Waals surface area (Å²) in [5.74, 6) is 1.42. The maximum Gasteiger partial charge on any atom is 0.231 e. The van der Waals surface area contributed by atoms with Crippen LogP contribution in [0.1, 0.15) is 12.0 Å². The molecule has 146 valence electrons. The second-order valence-corrected chi connectivity index (χ2v) is 7.19. The Hall–Kier alpha value is -2.56. The lowest BCUT2D eigenvalue weighted by Gasteiger charge is -2.13. The Balaban J connectivity index is 0.00000225. The standard InChI is InChI=1S/C23H24N2O2.ClH/c1-16-9-10-20-22(13-16)27-23(24-20)19-14-17-7-4-5-8-18(17)15-21(19)26-12-6-11-25(2)3;/h4-5,7-10,13-15H,6,11-12H2,1-3H3;1H. The van der Waals surface area contributed by atoms with E-state index in [4.69, 9.17) is 14.1 Å². The van der Waals surface area contributed by atoms with Gasteiger partial charge in [0.25, 0.3) is 0 Å². The van der Waals surface area contributed by atoms with Crippen LogP contribution < -0.4 is 4.74 Å². The fourth-order valence-corrected chi connectivity index (χ4v) is 3.22. The van der Waals surface area contributed by atoms with E-state index in [1.165, 1.54) is 0 Å². The van der Waals surface area contributed by atoms with Crippen molar-refractivity contribution in [1.82, 2.24) is 9.88 Å². The Kier molecular flexibility index (Phi) is 6.22. The van der Waals surface area contributed by atoms with Crippen molar-refractivity contribution in [2.45, 2.75) is 13.3 Å². The fourth-order valence-electron chi connectivity index (χ4n) is 3.22. The minimum absolute atomic E-state index is 0. The van der Waals surface area contributed by atoms with E-state index < -0.39 is 0 Å². The van der Waals surface area contributed by atoms with Crippen molar-refractivity contribution in [3.63, 3.8) is 0 Å². The van der Waals surface area contributed by atoms with Crippen LogP contribution in [0.3, 0.4) is 0 Å². The van der Waals surface area contributed by atoms with Gasteiger partial charge in [0.1, 0.15) is 11.3 Å². The first kappa shape index (κ1) is 20.2. The predicted octanol–water partition coefficient (Wildman–Crippen LogP) is 5.71. The Bertz CT molecular complexity index is 1090. The number of rotatable bonds is 6. The van der Waals surface area contributed by atoms with E-state index in [0.717, 1.165) is 51.7 Å². The summed E-state index contributed by atoms with van der Waals surface area (Å²) in [6.45, 7) is 3.70. The Morgan fingerprint density at radius 3 is 2.50 bits per heavy atom. The Morgan fingerprint density at radius 2 is 1.75 bits per heavy atom. The first-order valence-corrected chi connectivity index (χ1v) is 9.28. The van der Waals surface area contributed by atoms with Crippen molar-refractivity contribution in [2.24, 2.45) is 0 Å². The number of halogens is 1. The van der Waals surface area contributed by atoms with Gasteiger partial charge >= 0.3 is 0 Å². The smallest absolute Gasteiger partial charge is 0.231 e. The Morgan fingerprint density at radius 1 is 1.00 bits per heavy atom. The number of aromatic nitrogens is 1. The molecule has 0 aliphatic heterocycles. The molecule has 0 saturated heterocycles. The molecule has 0 aliphatic rings. The zero-order chi connectivity index (χ0) is 18.8. The minimum Gasteiger partial charge on any atom is -0.493 e. The highest BCUT2D eigenvalue weighted by Gasteiger charge is 2.15. The third-order valence-electron chi connectivity index (χ3n) is 4.63. The molecule has 0 atom stereocenters. The van der Waals surface area contributed by atoms with E-state index >= 15 is 0 Å². The molecular formula is C23H25ClN2O2. The summed E-state index contributed by atoms with van der Waals surface area (Å²) in [6.07, 6.45) is 0.964. The number of hydrogen-bond donors (Lipinski definition) is 0. The molecule has 4 aromatic rings. The summed E-state index contributed by atoms with van der Waals surface area (Å²) in [6, 6.07) is 18.5. The molecule has 0 radical (unpaired) electrons. The zero-order valence-electron chi connectivity index (χ0n) is 16.4. The lowest BCUT2D eigenvalue weighted by Crippen LogP contribution is -2.15. The maximum absolute atomic E-state index is 6.14. The van der Waals surface area contributed by atoms with Gasteiger partial charge in [0.15, 0.2) is 5.58 Å². The van der Waals surface area contributed by atoms with E-state index in [2.05, 4.69) is 50.2 Å². The highest BCUT2D eigenvalue weighted by Crippen LogP contribution is 2.35. The average molecular weight is 397 g/mol. The van der Waals surface area contributed by atoms with Gasteiger partial charge < -0.3 is 14.1 Å². The molecule has 1 heterocycles. The van der Waals surface area contributed by atoms with Crippen LogP contribution in [0.25, 0.3) is 33.3 Å². The number of benzene rings is 3. The van der Waals surface area contributed by atoms with Crippen LogP contribution in [0.2, 0.25) is 0 Å². The number of oxazole rings is 1. The lowest BCUT2D eigenvalue weighted by atomic mass is 10.1. The number of hydrogen-bond acceptors (Lipinski definition) is 4. The first-order chi connectivity index (χ1) is 13.1. The van der Waals surface area contributed by atoms with Crippen molar-refractivity contribution in [3.8, 4) is 17.2 Å². The molecular weight excluding hydrogens is 372 g/mol. The second kappa shape index (κ2) is 8.63. The lowest BCUT2D eigenvalue weighted by molar-refractivity contribution is 0.282. The third kappa shape index (κ3) is 4.29. The molecule has 28 heavy (non-hydrogen) atoms.